The zero-order chi connectivity index (χ0) is 24.2. The highest BCUT2D eigenvalue weighted by Crippen LogP contribution is 2.32. The molecule has 10 nitrogen and oxygen atoms in total. The number of amides is 2. The standard InChI is InChI=1S/C25H34N6O4/c1-3-26-25(32)27-19-6-4-18(5-7-19)23-28-21-14-30(15-22-34-12-13-35-22)9-8-20(21)24(29-23)31-10-11-33-16-17(31)2/h4-7,17,22H,3,8-16H2,1-2H3,(H2,26,27,32). The summed E-state index contributed by atoms with van der Waals surface area (Å²) in [6.45, 7) is 10.5. The molecular formula is C25H34N6O4. The van der Waals surface area contributed by atoms with Gasteiger partial charge in [0.15, 0.2) is 12.1 Å². The number of benzene rings is 1. The Morgan fingerprint density at radius 1 is 1.11 bits per heavy atom. The second kappa shape index (κ2) is 10.9. The Kier molecular flexibility index (Phi) is 7.43. The zero-order valence-corrected chi connectivity index (χ0v) is 20.5. The molecule has 0 radical (unpaired) electrons. The van der Waals surface area contributed by atoms with E-state index in [9.17, 15) is 4.79 Å². The van der Waals surface area contributed by atoms with E-state index in [2.05, 4.69) is 27.4 Å². The van der Waals surface area contributed by atoms with Crippen molar-refractivity contribution in [1.82, 2.24) is 20.2 Å². The normalized spacial score (nSPS) is 21.1. The van der Waals surface area contributed by atoms with E-state index in [0.717, 1.165) is 55.4 Å². The van der Waals surface area contributed by atoms with Gasteiger partial charge in [-0.15, -0.1) is 0 Å². The molecule has 1 aromatic carbocycles. The minimum absolute atomic E-state index is 0.165. The highest BCUT2D eigenvalue weighted by molar-refractivity contribution is 5.89. The fraction of sp³-hybridized carbons (Fsp3) is 0.560. The Bertz CT molecular complexity index is 1030. The summed E-state index contributed by atoms with van der Waals surface area (Å²) in [5.41, 5.74) is 3.91. The number of morpholine rings is 1. The Morgan fingerprint density at radius 3 is 2.66 bits per heavy atom. The van der Waals surface area contributed by atoms with Crippen molar-refractivity contribution < 1.29 is 19.0 Å². The number of carbonyl (C=O) groups is 1. The van der Waals surface area contributed by atoms with Crippen LogP contribution in [0.2, 0.25) is 0 Å². The van der Waals surface area contributed by atoms with Gasteiger partial charge in [0.05, 0.1) is 38.2 Å². The largest absolute Gasteiger partial charge is 0.377 e. The number of rotatable bonds is 6. The molecule has 3 aliphatic rings. The smallest absolute Gasteiger partial charge is 0.319 e. The van der Waals surface area contributed by atoms with E-state index in [4.69, 9.17) is 24.2 Å². The van der Waals surface area contributed by atoms with E-state index < -0.39 is 0 Å². The molecule has 4 heterocycles. The maximum Gasteiger partial charge on any atom is 0.319 e. The van der Waals surface area contributed by atoms with Crippen molar-refractivity contribution in [2.45, 2.75) is 39.1 Å². The highest BCUT2D eigenvalue weighted by Gasteiger charge is 2.30. The molecular weight excluding hydrogens is 448 g/mol. The fourth-order valence-corrected chi connectivity index (χ4v) is 4.79. The van der Waals surface area contributed by atoms with Crippen molar-refractivity contribution in [1.29, 1.82) is 0 Å². The van der Waals surface area contributed by atoms with Crippen LogP contribution in [0.4, 0.5) is 16.3 Å². The third-order valence-corrected chi connectivity index (χ3v) is 6.60. The zero-order valence-electron chi connectivity index (χ0n) is 20.5. The summed E-state index contributed by atoms with van der Waals surface area (Å²) in [5.74, 6) is 1.70. The molecule has 1 aromatic heterocycles. The van der Waals surface area contributed by atoms with Gasteiger partial charge >= 0.3 is 6.03 Å². The number of fused-ring (bicyclic) bond motifs is 1. The maximum absolute atomic E-state index is 11.8. The molecule has 1 unspecified atom stereocenters. The third kappa shape index (κ3) is 5.56. The first-order valence-electron chi connectivity index (χ1n) is 12.5. The SMILES string of the molecule is CCNC(=O)Nc1ccc(-c2nc3c(c(N4CCOCC4C)n2)CCN(CC2OCCO2)C3)cc1. The van der Waals surface area contributed by atoms with E-state index in [-0.39, 0.29) is 18.4 Å². The fourth-order valence-electron chi connectivity index (χ4n) is 4.79. The monoisotopic (exact) mass is 482 g/mol. The Hall–Kier alpha value is -2.79. The number of urea groups is 1. The molecule has 10 heteroatoms. The predicted octanol–water partition coefficient (Wildman–Crippen LogP) is 2.24. The Labute approximate surface area is 206 Å². The third-order valence-electron chi connectivity index (χ3n) is 6.60. The molecule has 2 fully saturated rings. The summed E-state index contributed by atoms with van der Waals surface area (Å²) in [6, 6.07) is 7.70. The minimum atomic E-state index is -0.218. The van der Waals surface area contributed by atoms with Gasteiger partial charge in [-0.1, -0.05) is 0 Å². The van der Waals surface area contributed by atoms with Gasteiger partial charge in [-0.2, -0.15) is 0 Å². The van der Waals surface area contributed by atoms with E-state index in [0.29, 0.717) is 38.8 Å². The topological polar surface area (TPSA) is 101 Å². The number of hydrogen-bond acceptors (Lipinski definition) is 8. The number of carbonyl (C=O) groups excluding carboxylic acids is 1. The minimum Gasteiger partial charge on any atom is -0.377 e. The number of ether oxygens (including phenoxy) is 3. The molecule has 3 aliphatic heterocycles. The maximum atomic E-state index is 11.8. The first-order chi connectivity index (χ1) is 17.1. The number of nitrogens with one attached hydrogen (secondary N) is 2. The molecule has 0 aliphatic carbocycles. The molecule has 2 N–H and O–H groups in total. The van der Waals surface area contributed by atoms with Gasteiger partial charge in [-0.3, -0.25) is 4.90 Å². The molecule has 0 saturated carbocycles. The first-order valence-corrected chi connectivity index (χ1v) is 12.5. The van der Waals surface area contributed by atoms with Crippen molar-refractivity contribution >= 4 is 17.5 Å². The lowest BCUT2D eigenvalue weighted by Crippen LogP contribution is -2.46. The molecule has 0 spiro atoms. The molecule has 2 aromatic rings. The second-order valence-corrected chi connectivity index (χ2v) is 9.13. The van der Waals surface area contributed by atoms with Crippen LogP contribution in [0.5, 0.6) is 0 Å². The molecule has 35 heavy (non-hydrogen) atoms. The summed E-state index contributed by atoms with van der Waals surface area (Å²) in [4.78, 5) is 26.6. The molecule has 2 amide bonds. The summed E-state index contributed by atoms with van der Waals surface area (Å²) >= 11 is 0. The summed E-state index contributed by atoms with van der Waals surface area (Å²) in [6.07, 6.45) is 0.721. The summed E-state index contributed by atoms with van der Waals surface area (Å²) < 4.78 is 17.0. The molecule has 0 bridgehead atoms. The lowest BCUT2D eigenvalue weighted by molar-refractivity contribution is -0.0641. The van der Waals surface area contributed by atoms with Crippen LogP contribution in [0.25, 0.3) is 11.4 Å². The molecule has 2 saturated heterocycles. The number of hydrogen-bond donors (Lipinski definition) is 2. The van der Waals surface area contributed by atoms with Crippen molar-refractivity contribution in [2.75, 3.05) is 62.8 Å². The summed E-state index contributed by atoms with van der Waals surface area (Å²) in [7, 11) is 0. The highest BCUT2D eigenvalue weighted by atomic mass is 16.7. The van der Waals surface area contributed by atoms with Gasteiger partial charge in [0, 0.05) is 49.5 Å². The number of aromatic nitrogens is 2. The van der Waals surface area contributed by atoms with Crippen LogP contribution in [0.1, 0.15) is 25.1 Å². The van der Waals surface area contributed by atoms with Gasteiger partial charge in [-0.05, 0) is 44.5 Å². The van der Waals surface area contributed by atoms with Crippen molar-refractivity contribution in [3.63, 3.8) is 0 Å². The molecule has 5 rings (SSSR count). The van der Waals surface area contributed by atoms with Crippen LogP contribution in [-0.4, -0.2) is 85.8 Å². The molecule has 188 valence electrons. The average Bonchev–Trinajstić information content (AvgIpc) is 3.37. The Balaban J connectivity index is 1.43. The van der Waals surface area contributed by atoms with Crippen LogP contribution < -0.4 is 15.5 Å². The van der Waals surface area contributed by atoms with E-state index in [1.165, 1.54) is 5.56 Å². The number of anilines is 2. The lowest BCUT2D eigenvalue weighted by Gasteiger charge is -2.38. The number of nitrogens with zero attached hydrogens (tertiary/aromatic N) is 4. The van der Waals surface area contributed by atoms with Gasteiger partial charge < -0.3 is 29.7 Å². The van der Waals surface area contributed by atoms with E-state index in [1.54, 1.807) is 0 Å². The molecule has 1 atom stereocenters. The van der Waals surface area contributed by atoms with Crippen LogP contribution in [0.15, 0.2) is 24.3 Å². The summed E-state index contributed by atoms with van der Waals surface area (Å²) in [5, 5.41) is 5.58. The van der Waals surface area contributed by atoms with E-state index in [1.807, 2.05) is 31.2 Å². The second-order valence-electron chi connectivity index (χ2n) is 9.13. The van der Waals surface area contributed by atoms with Gasteiger partial charge in [0.25, 0.3) is 0 Å². The van der Waals surface area contributed by atoms with Crippen molar-refractivity contribution in [3.05, 3.63) is 35.5 Å². The van der Waals surface area contributed by atoms with Crippen molar-refractivity contribution in [2.24, 2.45) is 0 Å². The average molecular weight is 483 g/mol. The van der Waals surface area contributed by atoms with Crippen LogP contribution in [0.3, 0.4) is 0 Å². The quantitative estimate of drug-likeness (QED) is 0.647. The first kappa shape index (κ1) is 23.9. The predicted molar refractivity (Wildman–Crippen MR) is 132 cm³/mol. The van der Waals surface area contributed by atoms with Gasteiger partial charge in [0.1, 0.15) is 5.82 Å². The van der Waals surface area contributed by atoms with Gasteiger partial charge in [-0.25, -0.2) is 14.8 Å². The van der Waals surface area contributed by atoms with E-state index >= 15 is 0 Å². The van der Waals surface area contributed by atoms with Gasteiger partial charge in [0.2, 0.25) is 0 Å². The van der Waals surface area contributed by atoms with Crippen molar-refractivity contribution in [3.8, 4) is 11.4 Å². The van der Waals surface area contributed by atoms with Crippen LogP contribution >= 0.6 is 0 Å². The van der Waals surface area contributed by atoms with Crippen LogP contribution in [0, 0.1) is 0 Å². The van der Waals surface area contributed by atoms with Crippen LogP contribution in [-0.2, 0) is 27.2 Å². The Morgan fingerprint density at radius 2 is 1.91 bits per heavy atom. The lowest BCUT2D eigenvalue weighted by atomic mass is 10.0.